The topological polar surface area (TPSA) is 79.2 Å². The minimum absolute atomic E-state index is 0.0323. The van der Waals surface area contributed by atoms with Crippen LogP contribution in [0.1, 0.15) is 49.3 Å². The molecule has 6 heteroatoms. The average Bonchev–Trinajstić information content (AvgIpc) is 2.77. The van der Waals surface area contributed by atoms with Crippen LogP contribution in [0.25, 0.3) is 17.2 Å². The second kappa shape index (κ2) is 7.93. The van der Waals surface area contributed by atoms with Gasteiger partial charge in [-0.1, -0.05) is 12.5 Å². The van der Waals surface area contributed by atoms with E-state index in [1.54, 1.807) is 30.3 Å². The van der Waals surface area contributed by atoms with Gasteiger partial charge in [-0.05, 0) is 66.4 Å². The first kappa shape index (κ1) is 19.9. The van der Waals surface area contributed by atoms with Gasteiger partial charge < -0.3 is 19.7 Å². The van der Waals surface area contributed by atoms with E-state index in [9.17, 15) is 15.0 Å². The Hall–Kier alpha value is -2.99. The van der Waals surface area contributed by atoms with Crippen LogP contribution in [0.5, 0.6) is 17.2 Å². The Morgan fingerprint density at radius 3 is 2.74 bits per heavy atom. The van der Waals surface area contributed by atoms with Crippen molar-refractivity contribution < 1.29 is 24.5 Å². The largest absolute Gasteiger partial charge is 0.507 e. The first-order valence-corrected chi connectivity index (χ1v) is 10.9. The number of benzene rings is 2. The minimum atomic E-state index is -0.346. The SMILES string of the molecule is COc1cc2c(cc1O)[C@@H]1C[C@H](C[C@H]3CCCCN31)OC(=O)C=Cc1ccc(O)c-2c1. The van der Waals surface area contributed by atoms with E-state index in [4.69, 9.17) is 9.47 Å². The van der Waals surface area contributed by atoms with Gasteiger partial charge in [-0.3, -0.25) is 4.90 Å². The lowest BCUT2D eigenvalue weighted by molar-refractivity contribution is -0.148. The van der Waals surface area contributed by atoms with Gasteiger partial charge in [0.05, 0.1) is 7.11 Å². The maximum Gasteiger partial charge on any atom is 0.331 e. The zero-order chi connectivity index (χ0) is 21.5. The molecule has 0 spiro atoms. The van der Waals surface area contributed by atoms with Gasteiger partial charge in [-0.2, -0.15) is 0 Å². The summed E-state index contributed by atoms with van der Waals surface area (Å²) >= 11 is 0. The fourth-order valence-electron chi connectivity index (χ4n) is 5.37. The number of carbonyl (C=O) groups excluding carboxylic acids is 1. The molecule has 162 valence electrons. The maximum atomic E-state index is 12.5. The van der Waals surface area contributed by atoms with E-state index in [-0.39, 0.29) is 29.6 Å². The van der Waals surface area contributed by atoms with E-state index in [0.717, 1.165) is 48.9 Å². The molecular formula is C25H27NO5. The summed E-state index contributed by atoms with van der Waals surface area (Å²) in [4.78, 5) is 15.0. The smallest absolute Gasteiger partial charge is 0.331 e. The van der Waals surface area contributed by atoms with Crippen molar-refractivity contribution in [1.82, 2.24) is 4.90 Å². The second-order valence-electron chi connectivity index (χ2n) is 8.65. The molecule has 3 atom stereocenters. The Morgan fingerprint density at radius 2 is 1.90 bits per heavy atom. The van der Waals surface area contributed by atoms with Gasteiger partial charge in [0.1, 0.15) is 11.9 Å². The van der Waals surface area contributed by atoms with Crippen LogP contribution in [0.15, 0.2) is 36.4 Å². The summed E-state index contributed by atoms with van der Waals surface area (Å²) in [5, 5.41) is 21.4. The number of ether oxygens (including phenoxy) is 2. The summed E-state index contributed by atoms with van der Waals surface area (Å²) in [6.45, 7) is 0.966. The number of methoxy groups -OCH3 is 1. The van der Waals surface area contributed by atoms with Crippen LogP contribution >= 0.6 is 0 Å². The number of phenolic OH excluding ortho intramolecular Hbond substituents is 2. The highest BCUT2D eigenvalue weighted by Crippen LogP contribution is 2.47. The number of rotatable bonds is 1. The van der Waals surface area contributed by atoms with Crippen LogP contribution in [0.4, 0.5) is 0 Å². The summed E-state index contributed by atoms with van der Waals surface area (Å²) < 4.78 is 11.2. The molecule has 6 nitrogen and oxygen atoms in total. The third-order valence-corrected chi connectivity index (χ3v) is 6.81. The normalized spacial score (nSPS) is 25.5. The van der Waals surface area contributed by atoms with Crippen LogP contribution in [-0.4, -0.2) is 46.9 Å². The molecule has 0 unspecified atom stereocenters. The van der Waals surface area contributed by atoms with Crippen molar-refractivity contribution in [1.29, 1.82) is 0 Å². The van der Waals surface area contributed by atoms with Crippen LogP contribution in [0.3, 0.4) is 0 Å². The van der Waals surface area contributed by atoms with E-state index in [2.05, 4.69) is 4.90 Å². The number of phenols is 2. The van der Waals surface area contributed by atoms with E-state index >= 15 is 0 Å². The predicted molar refractivity (Wildman–Crippen MR) is 117 cm³/mol. The first-order chi connectivity index (χ1) is 15.0. The van der Waals surface area contributed by atoms with Crippen molar-refractivity contribution >= 4 is 12.0 Å². The van der Waals surface area contributed by atoms with Crippen LogP contribution in [0.2, 0.25) is 0 Å². The lowest BCUT2D eigenvalue weighted by Crippen LogP contribution is -2.49. The van der Waals surface area contributed by atoms with E-state index in [0.29, 0.717) is 23.8 Å². The van der Waals surface area contributed by atoms with Crippen molar-refractivity contribution in [2.24, 2.45) is 0 Å². The van der Waals surface area contributed by atoms with Gasteiger partial charge in [0.25, 0.3) is 0 Å². The molecule has 0 amide bonds. The molecule has 0 saturated carbocycles. The fourth-order valence-corrected chi connectivity index (χ4v) is 5.37. The second-order valence-corrected chi connectivity index (χ2v) is 8.65. The molecule has 31 heavy (non-hydrogen) atoms. The molecule has 4 bridgehead atoms. The molecule has 3 aliphatic heterocycles. The Kier molecular flexibility index (Phi) is 5.10. The molecule has 2 fully saturated rings. The Morgan fingerprint density at radius 1 is 1.03 bits per heavy atom. The quantitative estimate of drug-likeness (QED) is 0.665. The summed E-state index contributed by atoms with van der Waals surface area (Å²) in [6, 6.07) is 9.08. The van der Waals surface area contributed by atoms with Crippen LogP contribution in [-0.2, 0) is 9.53 Å². The van der Waals surface area contributed by atoms with Crippen molar-refractivity contribution in [3.05, 3.63) is 47.5 Å². The molecule has 0 radical (unpaired) electrons. The lowest BCUT2D eigenvalue weighted by atomic mass is 9.81. The highest BCUT2D eigenvalue weighted by molar-refractivity contribution is 5.88. The molecule has 2 N–H and O–H groups in total. The number of esters is 1. The van der Waals surface area contributed by atoms with E-state index in [1.165, 1.54) is 13.2 Å². The zero-order valence-corrected chi connectivity index (χ0v) is 17.6. The van der Waals surface area contributed by atoms with Gasteiger partial charge in [0.2, 0.25) is 0 Å². The van der Waals surface area contributed by atoms with E-state index < -0.39 is 0 Å². The summed E-state index contributed by atoms with van der Waals surface area (Å²) in [6.07, 6.45) is 7.80. The van der Waals surface area contributed by atoms with E-state index in [1.807, 2.05) is 6.07 Å². The van der Waals surface area contributed by atoms with Crippen molar-refractivity contribution in [3.63, 3.8) is 0 Å². The molecular weight excluding hydrogens is 394 g/mol. The molecule has 0 aliphatic carbocycles. The third kappa shape index (κ3) is 3.65. The molecule has 0 aromatic heterocycles. The molecule has 3 aliphatic rings. The number of hydrogen-bond acceptors (Lipinski definition) is 6. The average molecular weight is 421 g/mol. The number of fused-ring (bicyclic) bond motifs is 9. The predicted octanol–water partition coefficient (Wildman–Crippen LogP) is 4.40. The zero-order valence-electron chi connectivity index (χ0n) is 17.6. The number of piperidine rings is 2. The Labute approximate surface area is 181 Å². The highest BCUT2D eigenvalue weighted by Gasteiger charge is 2.40. The van der Waals surface area contributed by atoms with Gasteiger partial charge in [-0.25, -0.2) is 4.79 Å². The van der Waals surface area contributed by atoms with Crippen LogP contribution < -0.4 is 4.74 Å². The monoisotopic (exact) mass is 421 g/mol. The molecule has 2 aromatic rings. The van der Waals surface area contributed by atoms with Crippen molar-refractivity contribution in [3.8, 4) is 28.4 Å². The van der Waals surface area contributed by atoms with Crippen LogP contribution in [0, 0.1) is 0 Å². The fraction of sp³-hybridized carbons (Fsp3) is 0.400. The number of carbonyl (C=O) groups is 1. The standard InChI is InChI=1S/C25H27NO5/c1-30-24-14-18-19(13-23(24)28)21-12-17(11-16-4-2-3-9-26(16)21)31-25(29)8-6-15-5-7-22(27)20(18)10-15/h5-8,10,13-14,16-17,21,27-28H,2-4,9,11-12H2,1H3/t16-,17+,21+/m1/s1. The highest BCUT2D eigenvalue weighted by atomic mass is 16.5. The van der Waals surface area contributed by atoms with Crippen molar-refractivity contribution in [2.45, 2.75) is 50.3 Å². The summed E-state index contributed by atoms with van der Waals surface area (Å²) in [5.74, 6) is 0.228. The van der Waals surface area contributed by atoms with Gasteiger partial charge >= 0.3 is 5.97 Å². The Balaban J connectivity index is 1.75. The number of hydrogen-bond donors (Lipinski definition) is 2. The molecule has 2 saturated heterocycles. The van der Waals surface area contributed by atoms with Gasteiger partial charge in [0.15, 0.2) is 11.5 Å². The minimum Gasteiger partial charge on any atom is -0.507 e. The summed E-state index contributed by atoms with van der Waals surface area (Å²) in [5.41, 5.74) is 3.18. The van der Waals surface area contributed by atoms with Gasteiger partial charge in [-0.15, -0.1) is 0 Å². The molecule has 5 rings (SSSR count). The molecule has 2 aromatic carbocycles. The third-order valence-electron chi connectivity index (χ3n) is 6.81. The van der Waals surface area contributed by atoms with Gasteiger partial charge in [0, 0.05) is 36.6 Å². The van der Waals surface area contributed by atoms with Crippen molar-refractivity contribution in [2.75, 3.05) is 13.7 Å². The number of aromatic hydroxyl groups is 2. The summed E-state index contributed by atoms with van der Waals surface area (Å²) in [7, 11) is 1.52. The molecule has 3 heterocycles. The maximum absolute atomic E-state index is 12.5. The lowest BCUT2D eigenvalue weighted by Gasteiger charge is -2.48. The first-order valence-electron chi connectivity index (χ1n) is 10.9. The number of nitrogens with zero attached hydrogens (tertiary/aromatic N) is 1. The Bertz CT molecular complexity index is 1050.